The van der Waals surface area contributed by atoms with Gasteiger partial charge in [0, 0.05) is 5.56 Å². The van der Waals surface area contributed by atoms with Gasteiger partial charge in [0.15, 0.2) is 0 Å². The first-order valence-corrected chi connectivity index (χ1v) is 7.48. The van der Waals surface area contributed by atoms with E-state index in [9.17, 15) is 0 Å². The number of rotatable bonds is 4. The largest absolute Gasteiger partial charge is 0.248 e. The van der Waals surface area contributed by atoms with E-state index in [1.54, 1.807) is 0 Å². The topological polar surface area (TPSA) is 12.4 Å². The highest BCUT2D eigenvalue weighted by Gasteiger charge is 2.03. The number of aryl methyl sites for hydroxylation is 2. The summed E-state index contributed by atoms with van der Waals surface area (Å²) in [5.74, 6) is 0. The smallest absolute Gasteiger partial charge is 0.0708 e. The third kappa shape index (κ3) is 4.16. The molecule has 108 valence electrons. The zero-order chi connectivity index (χ0) is 15.2. The van der Waals surface area contributed by atoms with Gasteiger partial charge in [0.2, 0.25) is 0 Å². The fraction of sp³-hybridized carbons (Fsp3) is 0.250. The second kappa shape index (κ2) is 7.03. The van der Waals surface area contributed by atoms with E-state index in [2.05, 4.69) is 70.2 Å². The Balaban J connectivity index is 2.51. The lowest BCUT2D eigenvalue weighted by molar-refractivity contribution is 1.10. The maximum atomic E-state index is 4.89. The average molecular weight is 277 g/mol. The summed E-state index contributed by atoms with van der Waals surface area (Å²) in [5, 5.41) is 0. The van der Waals surface area contributed by atoms with Gasteiger partial charge in [-0.15, -0.1) is 0 Å². The van der Waals surface area contributed by atoms with Crippen molar-refractivity contribution in [1.29, 1.82) is 0 Å². The Morgan fingerprint density at radius 3 is 2.29 bits per heavy atom. The van der Waals surface area contributed by atoms with Gasteiger partial charge in [-0.2, -0.15) is 0 Å². The van der Waals surface area contributed by atoms with Crippen LogP contribution in [0.5, 0.6) is 0 Å². The minimum atomic E-state index is 1.03. The molecule has 0 aliphatic rings. The molecule has 0 fully saturated rings. The van der Waals surface area contributed by atoms with Crippen LogP contribution in [0.2, 0.25) is 0 Å². The second-order valence-corrected chi connectivity index (χ2v) is 5.49. The van der Waals surface area contributed by atoms with Gasteiger partial charge in [-0.25, -0.2) is 4.99 Å². The Bertz CT molecular complexity index is 660. The Kier molecular flexibility index (Phi) is 5.10. The number of benzene rings is 2. The molecule has 1 heteroatoms. The molecule has 0 saturated carbocycles. The number of para-hydroxylation sites is 1. The van der Waals surface area contributed by atoms with Crippen molar-refractivity contribution in [2.45, 2.75) is 34.1 Å². The molecule has 0 unspecified atom stereocenters. The minimum Gasteiger partial charge on any atom is -0.248 e. The normalized spacial score (nSPS) is 12.6. The first-order chi connectivity index (χ1) is 10.1. The van der Waals surface area contributed by atoms with Gasteiger partial charge in [-0.1, -0.05) is 60.5 Å². The van der Waals surface area contributed by atoms with Crippen LogP contribution < -0.4 is 0 Å². The fourth-order valence-electron chi connectivity index (χ4n) is 2.06. The van der Waals surface area contributed by atoms with E-state index < -0.39 is 0 Å². The Hall–Kier alpha value is -2.15. The molecule has 0 amide bonds. The molecule has 1 nitrogen and oxygen atoms in total. The van der Waals surface area contributed by atoms with Crippen LogP contribution in [-0.4, -0.2) is 5.71 Å². The molecular formula is C20H23N. The molecule has 2 aromatic carbocycles. The van der Waals surface area contributed by atoms with Gasteiger partial charge >= 0.3 is 0 Å². The molecule has 2 aromatic rings. The molecule has 0 bridgehead atoms. The predicted octanol–water partition coefficient (Wildman–Crippen LogP) is 5.78. The van der Waals surface area contributed by atoms with Gasteiger partial charge in [0.05, 0.1) is 11.4 Å². The van der Waals surface area contributed by atoms with E-state index in [1.807, 2.05) is 12.1 Å². The third-order valence-corrected chi connectivity index (χ3v) is 3.64. The van der Waals surface area contributed by atoms with E-state index in [1.165, 1.54) is 16.7 Å². The van der Waals surface area contributed by atoms with Crippen LogP contribution in [0, 0.1) is 13.8 Å². The standard InChI is InChI=1S/C20H23N/c1-5-15(2)14-20(18-12-10-16(3)11-13-18)21-19-9-7-6-8-17(19)4/h6-14H,5H2,1-4H3/b15-14+,21-20+. The molecular weight excluding hydrogens is 254 g/mol. The van der Waals surface area contributed by atoms with E-state index in [0.29, 0.717) is 0 Å². The summed E-state index contributed by atoms with van der Waals surface area (Å²) in [6, 6.07) is 16.8. The zero-order valence-electron chi connectivity index (χ0n) is 13.4. The Morgan fingerprint density at radius 1 is 1.00 bits per heavy atom. The van der Waals surface area contributed by atoms with Crippen molar-refractivity contribution >= 4 is 11.4 Å². The molecule has 0 radical (unpaired) electrons. The quantitative estimate of drug-likeness (QED) is 0.628. The van der Waals surface area contributed by atoms with E-state index in [-0.39, 0.29) is 0 Å². The van der Waals surface area contributed by atoms with Gasteiger partial charge in [-0.3, -0.25) is 0 Å². The molecule has 0 heterocycles. The molecule has 0 aliphatic carbocycles. The van der Waals surface area contributed by atoms with E-state index >= 15 is 0 Å². The third-order valence-electron chi connectivity index (χ3n) is 3.64. The van der Waals surface area contributed by atoms with Crippen LogP contribution in [0.1, 0.15) is 37.0 Å². The average Bonchev–Trinajstić information content (AvgIpc) is 2.49. The highest BCUT2D eigenvalue weighted by molar-refractivity contribution is 6.10. The van der Waals surface area contributed by atoms with Crippen LogP contribution in [0.25, 0.3) is 0 Å². The van der Waals surface area contributed by atoms with Gasteiger partial charge in [0.25, 0.3) is 0 Å². The highest BCUT2D eigenvalue weighted by atomic mass is 14.7. The molecule has 0 spiro atoms. The molecule has 0 aromatic heterocycles. The van der Waals surface area contributed by atoms with Crippen LogP contribution >= 0.6 is 0 Å². The molecule has 0 aliphatic heterocycles. The minimum absolute atomic E-state index is 1.03. The summed E-state index contributed by atoms with van der Waals surface area (Å²) in [6.45, 7) is 8.53. The predicted molar refractivity (Wildman–Crippen MR) is 92.6 cm³/mol. The summed E-state index contributed by atoms with van der Waals surface area (Å²) in [5.41, 5.74) is 7.03. The lowest BCUT2D eigenvalue weighted by Crippen LogP contribution is -1.98. The molecule has 21 heavy (non-hydrogen) atoms. The molecule has 0 saturated heterocycles. The number of aliphatic imine (C=N–C) groups is 1. The van der Waals surface area contributed by atoms with Crippen molar-refractivity contribution in [3.8, 4) is 0 Å². The first-order valence-electron chi connectivity index (χ1n) is 7.48. The van der Waals surface area contributed by atoms with Crippen LogP contribution in [0.15, 0.2) is 65.2 Å². The molecule has 2 rings (SSSR count). The monoisotopic (exact) mass is 277 g/mol. The summed E-state index contributed by atoms with van der Waals surface area (Å²) >= 11 is 0. The van der Waals surface area contributed by atoms with Crippen molar-refractivity contribution in [2.75, 3.05) is 0 Å². The lowest BCUT2D eigenvalue weighted by atomic mass is 10.0. The maximum Gasteiger partial charge on any atom is 0.0708 e. The Morgan fingerprint density at radius 2 is 1.67 bits per heavy atom. The first kappa shape index (κ1) is 15.2. The van der Waals surface area contributed by atoms with Crippen molar-refractivity contribution in [2.24, 2.45) is 4.99 Å². The van der Waals surface area contributed by atoms with Gasteiger partial charge in [0.1, 0.15) is 0 Å². The van der Waals surface area contributed by atoms with Gasteiger partial charge < -0.3 is 0 Å². The highest BCUT2D eigenvalue weighted by Crippen LogP contribution is 2.20. The summed E-state index contributed by atoms with van der Waals surface area (Å²) in [6.07, 6.45) is 3.23. The van der Waals surface area contributed by atoms with Crippen LogP contribution in [0.4, 0.5) is 5.69 Å². The molecule has 0 N–H and O–H groups in total. The summed E-state index contributed by atoms with van der Waals surface area (Å²) < 4.78 is 0. The summed E-state index contributed by atoms with van der Waals surface area (Å²) in [7, 11) is 0. The lowest BCUT2D eigenvalue weighted by Gasteiger charge is -2.07. The Labute approximate surface area is 128 Å². The number of allylic oxidation sites excluding steroid dienone is 2. The van der Waals surface area contributed by atoms with Crippen molar-refractivity contribution in [1.82, 2.24) is 0 Å². The van der Waals surface area contributed by atoms with Crippen molar-refractivity contribution in [3.63, 3.8) is 0 Å². The van der Waals surface area contributed by atoms with Crippen LogP contribution in [-0.2, 0) is 0 Å². The number of hydrogen-bond acceptors (Lipinski definition) is 1. The van der Waals surface area contributed by atoms with Crippen molar-refractivity contribution < 1.29 is 0 Å². The zero-order valence-corrected chi connectivity index (χ0v) is 13.4. The van der Waals surface area contributed by atoms with E-state index in [4.69, 9.17) is 4.99 Å². The van der Waals surface area contributed by atoms with Crippen molar-refractivity contribution in [3.05, 3.63) is 76.9 Å². The maximum absolute atomic E-state index is 4.89. The fourth-order valence-corrected chi connectivity index (χ4v) is 2.06. The number of hydrogen-bond donors (Lipinski definition) is 0. The van der Waals surface area contributed by atoms with E-state index in [0.717, 1.165) is 23.4 Å². The van der Waals surface area contributed by atoms with Crippen LogP contribution in [0.3, 0.4) is 0 Å². The second-order valence-electron chi connectivity index (χ2n) is 5.49. The molecule has 0 atom stereocenters. The number of nitrogens with zero attached hydrogens (tertiary/aromatic N) is 1. The summed E-state index contributed by atoms with van der Waals surface area (Å²) in [4.78, 5) is 4.89. The SMILES string of the molecule is CC/C(C)=C/C(=N\c1ccccc1C)c1ccc(C)cc1. The van der Waals surface area contributed by atoms with Gasteiger partial charge in [-0.05, 0) is 44.9 Å².